The van der Waals surface area contributed by atoms with Gasteiger partial charge in [-0.15, -0.1) is 0 Å². The van der Waals surface area contributed by atoms with Crippen molar-refractivity contribution < 1.29 is 19.4 Å². The molecule has 0 fully saturated rings. The highest BCUT2D eigenvalue weighted by Crippen LogP contribution is 2.27. The van der Waals surface area contributed by atoms with Crippen molar-refractivity contribution in [3.63, 3.8) is 0 Å². The van der Waals surface area contributed by atoms with Gasteiger partial charge >= 0.3 is 5.97 Å². The molecule has 86 valence electrons. The van der Waals surface area contributed by atoms with Crippen LogP contribution < -0.4 is 9.47 Å². The topological polar surface area (TPSA) is 55.8 Å². The van der Waals surface area contributed by atoms with E-state index in [-0.39, 0.29) is 0 Å². The number of carboxylic acids is 1. The molecule has 1 aromatic carbocycles. The molecule has 0 bridgehead atoms. The van der Waals surface area contributed by atoms with Crippen molar-refractivity contribution in [2.75, 3.05) is 14.2 Å². The molecular formula is C12H14O4. The van der Waals surface area contributed by atoms with Gasteiger partial charge in [-0.2, -0.15) is 0 Å². The van der Waals surface area contributed by atoms with Crippen LogP contribution in [0, 0.1) is 0 Å². The molecule has 0 atom stereocenters. The van der Waals surface area contributed by atoms with Crippen LogP contribution in [-0.2, 0) is 11.2 Å². The number of ether oxygens (including phenoxy) is 2. The van der Waals surface area contributed by atoms with E-state index in [9.17, 15) is 4.79 Å². The van der Waals surface area contributed by atoms with E-state index >= 15 is 0 Å². The molecule has 1 N–H and O–H groups in total. The zero-order valence-corrected chi connectivity index (χ0v) is 9.27. The lowest BCUT2D eigenvalue weighted by molar-refractivity contribution is -0.131. The van der Waals surface area contributed by atoms with Gasteiger partial charge in [-0.05, 0) is 24.1 Å². The van der Waals surface area contributed by atoms with E-state index in [2.05, 4.69) is 0 Å². The van der Waals surface area contributed by atoms with Gasteiger partial charge in [0.15, 0.2) is 11.5 Å². The summed E-state index contributed by atoms with van der Waals surface area (Å²) in [4.78, 5) is 10.3. The number of carboxylic acid groups (broad SMARTS) is 1. The summed E-state index contributed by atoms with van der Waals surface area (Å²) in [6, 6.07) is 5.49. The Hall–Kier alpha value is -1.97. The predicted octanol–water partition coefficient (Wildman–Crippen LogP) is 1.89. The smallest absolute Gasteiger partial charge is 0.327 e. The van der Waals surface area contributed by atoms with Crippen molar-refractivity contribution in [1.82, 2.24) is 0 Å². The Morgan fingerprint density at radius 3 is 2.56 bits per heavy atom. The maximum Gasteiger partial charge on any atom is 0.327 e. The number of hydrogen-bond donors (Lipinski definition) is 1. The van der Waals surface area contributed by atoms with Crippen molar-refractivity contribution in [3.8, 4) is 11.5 Å². The van der Waals surface area contributed by atoms with E-state index < -0.39 is 5.97 Å². The number of aliphatic carboxylic acids is 1. The fourth-order valence-corrected chi connectivity index (χ4v) is 1.30. The minimum Gasteiger partial charge on any atom is -0.493 e. The highest BCUT2D eigenvalue weighted by atomic mass is 16.5. The zero-order chi connectivity index (χ0) is 12.0. The summed E-state index contributed by atoms with van der Waals surface area (Å²) in [5, 5.41) is 8.44. The molecule has 0 saturated heterocycles. The summed E-state index contributed by atoms with van der Waals surface area (Å²) in [6.07, 6.45) is 3.26. The third kappa shape index (κ3) is 3.31. The Kier molecular flexibility index (Phi) is 4.39. The summed E-state index contributed by atoms with van der Waals surface area (Å²) >= 11 is 0. The van der Waals surface area contributed by atoms with Crippen molar-refractivity contribution >= 4 is 5.97 Å². The van der Waals surface area contributed by atoms with E-state index in [4.69, 9.17) is 14.6 Å². The molecule has 0 heterocycles. The van der Waals surface area contributed by atoms with Crippen molar-refractivity contribution in [3.05, 3.63) is 35.9 Å². The monoisotopic (exact) mass is 222 g/mol. The van der Waals surface area contributed by atoms with Crippen molar-refractivity contribution in [1.29, 1.82) is 0 Å². The Balaban J connectivity index is 2.79. The summed E-state index contributed by atoms with van der Waals surface area (Å²) in [7, 11) is 3.14. The average molecular weight is 222 g/mol. The average Bonchev–Trinajstić information content (AvgIpc) is 2.28. The van der Waals surface area contributed by atoms with Crippen LogP contribution in [0.25, 0.3) is 0 Å². The van der Waals surface area contributed by atoms with Gasteiger partial charge in [0.25, 0.3) is 0 Å². The van der Waals surface area contributed by atoms with E-state index in [1.807, 2.05) is 12.1 Å². The lowest BCUT2D eigenvalue weighted by atomic mass is 10.1. The normalized spacial score (nSPS) is 10.4. The fraction of sp³-hybridized carbons (Fsp3) is 0.250. The molecule has 0 aliphatic rings. The Morgan fingerprint density at radius 2 is 2.00 bits per heavy atom. The molecule has 1 aromatic rings. The second-order valence-electron chi connectivity index (χ2n) is 3.13. The third-order valence-electron chi connectivity index (χ3n) is 2.06. The maximum absolute atomic E-state index is 10.3. The quantitative estimate of drug-likeness (QED) is 0.773. The van der Waals surface area contributed by atoms with Crippen LogP contribution in [0.15, 0.2) is 30.4 Å². The summed E-state index contributed by atoms with van der Waals surface area (Å²) in [6.45, 7) is 0. The highest BCUT2D eigenvalue weighted by Gasteiger charge is 2.03. The lowest BCUT2D eigenvalue weighted by Crippen LogP contribution is -1.92. The molecule has 0 spiro atoms. The van der Waals surface area contributed by atoms with E-state index in [1.54, 1.807) is 26.4 Å². The van der Waals surface area contributed by atoms with Gasteiger partial charge in [0.05, 0.1) is 14.2 Å². The lowest BCUT2D eigenvalue weighted by Gasteiger charge is -2.08. The molecule has 0 radical (unpaired) electrons. The summed E-state index contributed by atoms with van der Waals surface area (Å²) in [5.41, 5.74) is 0.968. The molecule has 1 rings (SSSR count). The van der Waals surface area contributed by atoms with Crippen LogP contribution in [0.4, 0.5) is 0 Å². The van der Waals surface area contributed by atoms with Crippen LogP contribution in [0.5, 0.6) is 11.5 Å². The van der Waals surface area contributed by atoms with Gasteiger partial charge in [0.1, 0.15) is 0 Å². The van der Waals surface area contributed by atoms with Gasteiger partial charge in [0, 0.05) is 6.08 Å². The predicted molar refractivity (Wildman–Crippen MR) is 60.0 cm³/mol. The number of allylic oxidation sites excluding steroid dienone is 1. The highest BCUT2D eigenvalue weighted by molar-refractivity contribution is 5.79. The number of benzene rings is 1. The van der Waals surface area contributed by atoms with E-state index in [0.29, 0.717) is 17.9 Å². The second-order valence-corrected chi connectivity index (χ2v) is 3.13. The zero-order valence-electron chi connectivity index (χ0n) is 9.27. The molecule has 0 aromatic heterocycles. The van der Waals surface area contributed by atoms with Crippen LogP contribution in [-0.4, -0.2) is 25.3 Å². The Morgan fingerprint density at radius 1 is 1.31 bits per heavy atom. The largest absolute Gasteiger partial charge is 0.493 e. The van der Waals surface area contributed by atoms with Gasteiger partial charge in [-0.3, -0.25) is 0 Å². The maximum atomic E-state index is 10.3. The van der Waals surface area contributed by atoms with E-state index in [0.717, 1.165) is 11.6 Å². The van der Waals surface area contributed by atoms with Crippen molar-refractivity contribution in [2.24, 2.45) is 0 Å². The molecule has 0 amide bonds. The Labute approximate surface area is 94.1 Å². The van der Waals surface area contributed by atoms with Crippen LogP contribution in [0.3, 0.4) is 0 Å². The number of carbonyl (C=O) groups is 1. The molecular weight excluding hydrogens is 208 g/mol. The standard InChI is InChI=1S/C12H14O4/c1-15-10-7-6-9(8-11(10)16-2)4-3-5-12(13)14/h3,5-8H,4H2,1-2H3,(H,13,14)/b5-3+. The third-order valence-corrected chi connectivity index (χ3v) is 2.06. The minimum absolute atomic E-state index is 0.548. The van der Waals surface area contributed by atoms with E-state index in [1.165, 1.54) is 0 Å². The van der Waals surface area contributed by atoms with Gasteiger partial charge in [0.2, 0.25) is 0 Å². The Bertz CT molecular complexity index is 396. The molecule has 16 heavy (non-hydrogen) atoms. The molecule has 4 heteroatoms. The van der Waals surface area contributed by atoms with Crippen LogP contribution >= 0.6 is 0 Å². The number of methoxy groups -OCH3 is 2. The first kappa shape index (κ1) is 12.1. The molecule has 0 aliphatic carbocycles. The first-order valence-electron chi connectivity index (χ1n) is 4.77. The van der Waals surface area contributed by atoms with Crippen LogP contribution in [0.2, 0.25) is 0 Å². The molecule has 0 unspecified atom stereocenters. The summed E-state index contributed by atoms with van der Waals surface area (Å²) in [5.74, 6) is 0.359. The van der Waals surface area contributed by atoms with Crippen LogP contribution in [0.1, 0.15) is 5.56 Å². The summed E-state index contributed by atoms with van der Waals surface area (Å²) < 4.78 is 10.2. The van der Waals surface area contributed by atoms with Gasteiger partial charge in [-0.25, -0.2) is 4.79 Å². The SMILES string of the molecule is COc1ccc(C/C=C/C(=O)O)cc1OC. The first-order chi connectivity index (χ1) is 7.67. The van der Waals surface area contributed by atoms with Gasteiger partial charge in [-0.1, -0.05) is 12.1 Å². The molecule has 0 aliphatic heterocycles. The number of hydrogen-bond acceptors (Lipinski definition) is 3. The fourth-order valence-electron chi connectivity index (χ4n) is 1.30. The minimum atomic E-state index is -0.944. The van der Waals surface area contributed by atoms with Gasteiger partial charge < -0.3 is 14.6 Å². The second kappa shape index (κ2) is 5.80. The first-order valence-corrected chi connectivity index (χ1v) is 4.77. The molecule has 4 nitrogen and oxygen atoms in total. The molecule has 0 saturated carbocycles. The number of rotatable bonds is 5. The van der Waals surface area contributed by atoms with Crippen molar-refractivity contribution in [2.45, 2.75) is 6.42 Å².